The number of rotatable bonds is 3. The van der Waals surface area contributed by atoms with Crippen molar-refractivity contribution in [2.45, 2.75) is 31.2 Å². The number of Topliss-reactive ketones (excluding diaryl/α,β-unsaturated/α-hetero) is 2. The molecule has 20 heavy (non-hydrogen) atoms. The fraction of sp³-hybridized carbons (Fsp3) is 0.467. The first-order valence-corrected chi connectivity index (χ1v) is 6.97. The molecule has 1 saturated heterocycles. The van der Waals surface area contributed by atoms with E-state index in [0.717, 1.165) is 5.56 Å². The van der Waals surface area contributed by atoms with Gasteiger partial charge in [-0.2, -0.15) is 0 Å². The molecular formula is C15H19N3O2. The fourth-order valence-electron chi connectivity index (χ4n) is 3.24. The zero-order valence-electron chi connectivity index (χ0n) is 11.4. The van der Waals surface area contributed by atoms with Crippen LogP contribution < -0.4 is 10.7 Å². The van der Waals surface area contributed by atoms with E-state index in [1.54, 1.807) is 0 Å². The third-order valence-electron chi connectivity index (χ3n) is 4.06. The predicted octanol–water partition coefficient (Wildman–Crippen LogP) is 0.615. The number of hydrazine groups is 1. The highest BCUT2D eigenvalue weighted by Gasteiger charge is 2.45. The van der Waals surface area contributed by atoms with E-state index in [9.17, 15) is 9.59 Å². The number of nitrogens with one attached hydrogen (secondary N) is 2. The smallest absolute Gasteiger partial charge is 0.142 e. The van der Waals surface area contributed by atoms with Crippen LogP contribution in [0.3, 0.4) is 0 Å². The van der Waals surface area contributed by atoms with Gasteiger partial charge in [0.05, 0.1) is 25.3 Å². The van der Waals surface area contributed by atoms with Crippen LogP contribution >= 0.6 is 0 Å². The molecule has 0 unspecified atom stereocenters. The van der Waals surface area contributed by atoms with Gasteiger partial charge in [0.15, 0.2) is 0 Å². The quantitative estimate of drug-likeness (QED) is 0.790. The highest BCUT2D eigenvalue weighted by atomic mass is 16.1. The molecule has 0 atom stereocenters. The van der Waals surface area contributed by atoms with Gasteiger partial charge in [-0.25, -0.2) is 10.4 Å². The lowest BCUT2D eigenvalue weighted by molar-refractivity contribution is -0.136. The van der Waals surface area contributed by atoms with E-state index in [-0.39, 0.29) is 18.0 Å². The average Bonchev–Trinajstić information content (AvgIpc) is 2.93. The first-order valence-electron chi connectivity index (χ1n) is 6.97. The summed E-state index contributed by atoms with van der Waals surface area (Å²) in [5.74, 6) is 0.0942. The lowest BCUT2D eigenvalue weighted by atomic mass is 9.76. The Balaban J connectivity index is 1.90. The van der Waals surface area contributed by atoms with Crippen LogP contribution in [0.5, 0.6) is 0 Å². The topological polar surface area (TPSA) is 61.4 Å². The van der Waals surface area contributed by atoms with Crippen LogP contribution in [-0.2, 0) is 16.0 Å². The predicted molar refractivity (Wildman–Crippen MR) is 74.6 cm³/mol. The molecule has 1 aromatic carbocycles. The minimum atomic E-state index is -0.433. The van der Waals surface area contributed by atoms with E-state index in [0.29, 0.717) is 32.6 Å². The van der Waals surface area contributed by atoms with Crippen molar-refractivity contribution in [1.82, 2.24) is 15.8 Å². The lowest BCUT2D eigenvalue weighted by Gasteiger charge is -2.42. The molecule has 5 nitrogen and oxygen atoms in total. The second-order valence-electron chi connectivity index (χ2n) is 5.67. The average molecular weight is 273 g/mol. The standard InChI is InChI=1S/C15H19N3O2/c19-13-6-14(20)9-15(8-13,18-11-16-10-17-18)7-12-4-2-1-3-5-12/h1-5,16-17H,6-11H2. The number of hydrogen-bond acceptors (Lipinski definition) is 5. The molecule has 0 aromatic heterocycles. The van der Waals surface area contributed by atoms with Gasteiger partial charge in [0.2, 0.25) is 0 Å². The Morgan fingerprint density at radius 2 is 1.80 bits per heavy atom. The maximum absolute atomic E-state index is 11.9. The third kappa shape index (κ3) is 2.65. The molecule has 1 aliphatic carbocycles. The van der Waals surface area contributed by atoms with Gasteiger partial charge in [-0.15, -0.1) is 0 Å². The zero-order chi connectivity index (χ0) is 14.0. The van der Waals surface area contributed by atoms with Crippen LogP contribution in [0.25, 0.3) is 0 Å². The van der Waals surface area contributed by atoms with Crippen LogP contribution in [0, 0.1) is 0 Å². The normalized spacial score (nSPS) is 23.2. The summed E-state index contributed by atoms with van der Waals surface area (Å²) < 4.78 is 0. The van der Waals surface area contributed by atoms with Gasteiger partial charge in [0.25, 0.3) is 0 Å². The molecule has 0 spiro atoms. The maximum atomic E-state index is 11.9. The number of carbonyl (C=O) groups excluding carboxylic acids is 2. The van der Waals surface area contributed by atoms with Crippen molar-refractivity contribution in [1.29, 1.82) is 0 Å². The van der Waals surface area contributed by atoms with Crippen LogP contribution in [0.1, 0.15) is 24.8 Å². The number of hydrogen-bond donors (Lipinski definition) is 2. The summed E-state index contributed by atoms with van der Waals surface area (Å²) in [7, 11) is 0. The van der Waals surface area contributed by atoms with Crippen LogP contribution in [0.2, 0.25) is 0 Å². The molecule has 106 valence electrons. The fourth-order valence-corrected chi connectivity index (χ4v) is 3.24. The molecule has 1 aliphatic heterocycles. The van der Waals surface area contributed by atoms with Crippen LogP contribution in [0.4, 0.5) is 0 Å². The largest absolute Gasteiger partial charge is 0.299 e. The molecule has 1 heterocycles. The molecule has 0 bridgehead atoms. The summed E-state index contributed by atoms with van der Waals surface area (Å²) in [5.41, 5.74) is 3.97. The van der Waals surface area contributed by atoms with Gasteiger partial charge in [0.1, 0.15) is 11.6 Å². The molecule has 3 rings (SSSR count). The first-order chi connectivity index (χ1) is 9.68. The number of ketones is 2. The van der Waals surface area contributed by atoms with E-state index in [1.807, 2.05) is 23.2 Å². The Morgan fingerprint density at radius 1 is 1.10 bits per heavy atom. The maximum Gasteiger partial charge on any atom is 0.142 e. The Hall–Kier alpha value is -1.56. The summed E-state index contributed by atoms with van der Waals surface area (Å²) in [4.78, 5) is 23.9. The van der Waals surface area contributed by atoms with Crippen molar-refractivity contribution in [2.24, 2.45) is 0 Å². The Bertz CT molecular complexity index is 493. The highest BCUT2D eigenvalue weighted by Crippen LogP contribution is 2.33. The van der Waals surface area contributed by atoms with E-state index in [4.69, 9.17) is 0 Å². The van der Waals surface area contributed by atoms with E-state index in [1.165, 1.54) is 0 Å². The van der Waals surface area contributed by atoms with Gasteiger partial charge in [0, 0.05) is 12.8 Å². The first kappa shape index (κ1) is 13.4. The van der Waals surface area contributed by atoms with E-state index >= 15 is 0 Å². The molecular weight excluding hydrogens is 254 g/mol. The minimum Gasteiger partial charge on any atom is -0.299 e. The molecule has 2 N–H and O–H groups in total. The van der Waals surface area contributed by atoms with Crippen LogP contribution in [-0.4, -0.2) is 35.5 Å². The van der Waals surface area contributed by atoms with Crippen LogP contribution in [0.15, 0.2) is 30.3 Å². The third-order valence-corrected chi connectivity index (χ3v) is 4.06. The van der Waals surface area contributed by atoms with Crippen molar-refractivity contribution in [2.75, 3.05) is 13.3 Å². The van der Waals surface area contributed by atoms with Gasteiger partial charge in [-0.3, -0.25) is 14.9 Å². The van der Waals surface area contributed by atoms with Crippen molar-refractivity contribution in [3.05, 3.63) is 35.9 Å². The zero-order valence-corrected chi connectivity index (χ0v) is 11.4. The minimum absolute atomic E-state index is 0.0471. The van der Waals surface area contributed by atoms with Gasteiger partial charge in [-0.1, -0.05) is 30.3 Å². The lowest BCUT2D eigenvalue weighted by Crippen LogP contribution is -2.58. The second kappa shape index (κ2) is 5.44. The van der Waals surface area contributed by atoms with Crippen molar-refractivity contribution in [3.8, 4) is 0 Å². The summed E-state index contributed by atoms with van der Waals surface area (Å²) in [6, 6.07) is 10.1. The number of carbonyl (C=O) groups is 2. The van der Waals surface area contributed by atoms with Crippen molar-refractivity contribution < 1.29 is 9.59 Å². The Kier molecular flexibility index (Phi) is 3.65. The molecule has 2 aliphatic rings. The van der Waals surface area contributed by atoms with Gasteiger partial charge < -0.3 is 0 Å². The molecule has 1 aromatic rings. The molecule has 2 fully saturated rings. The number of nitrogens with zero attached hydrogens (tertiary/aromatic N) is 1. The van der Waals surface area contributed by atoms with Crippen molar-refractivity contribution >= 4 is 11.6 Å². The second-order valence-corrected chi connectivity index (χ2v) is 5.67. The van der Waals surface area contributed by atoms with Gasteiger partial charge >= 0.3 is 0 Å². The molecule has 5 heteroatoms. The van der Waals surface area contributed by atoms with Gasteiger partial charge in [-0.05, 0) is 12.0 Å². The monoisotopic (exact) mass is 273 g/mol. The summed E-state index contributed by atoms with van der Waals surface area (Å²) in [5, 5.41) is 5.24. The van der Waals surface area contributed by atoms with E-state index < -0.39 is 5.54 Å². The highest BCUT2D eigenvalue weighted by molar-refractivity contribution is 6.02. The van der Waals surface area contributed by atoms with Crippen molar-refractivity contribution in [3.63, 3.8) is 0 Å². The summed E-state index contributed by atoms with van der Waals surface area (Å²) in [6.45, 7) is 1.34. The molecule has 0 amide bonds. The summed E-state index contributed by atoms with van der Waals surface area (Å²) in [6.07, 6.45) is 1.67. The Labute approximate surface area is 118 Å². The molecule has 1 saturated carbocycles. The SMILES string of the molecule is O=C1CC(=O)CC(Cc2ccccc2)(N2CNCN2)C1. The Morgan fingerprint density at radius 3 is 2.40 bits per heavy atom. The number of benzene rings is 1. The van der Waals surface area contributed by atoms with E-state index in [2.05, 4.69) is 22.9 Å². The molecule has 0 radical (unpaired) electrons. The summed E-state index contributed by atoms with van der Waals surface area (Å²) >= 11 is 0.